The second kappa shape index (κ2) is 5.75. The van der Waals surface area contributed by atoms with Crippen LogP contribution in [0.25, 0.3) is 0 Å². The Hall–Kier alpha value is -2.05. The maximum absolute atomic E-state index is 12.3. The number of benzene rings is 2. The molecule has 0 fully saturated rings. The third-order valence-electron chi connectivity index (χ3n) is 2.80. The molecule has 0 aromatic heterocycles. The number of nitrogens with one attached hydrogen (secondary N) is 1. The number of sulfonamides is 1. The third-order valence-corrected chi connectivity index (χ3v) is 4.50. The Morgan fingerprint density at radius 2 is 1.76 bits per heavy atom. The van der Waals surface area contributed by atoms with E-state index in [1.54, 1.807) is 12.1 Å². The van der Waals surface area contributed by atoms with Gasteiger partial charge in [-0.1, -0.05) is 35.4 Å². The molecule has 110 valence electrons. The van der Waals surface area contributed by atoms with E-state index >= 15 is 0 Å². The fourth-order valence-electron chi connectivity index (χ4n) is 1.75. The number of aryl methyl sites for hydroxylation is 1. The number of halogens is 1. The molecule has 2 N–H and O–H groups in total. The molecule has 0 saturated carbocycles. The first kappa shape index (κ1) is 15.3. The van der Waals surface area contributed by atoms with Crippen molar-refractivity contribution in [2.75, 3.05) is 4.72 Å². The van der Waals surface area contributed by atoms with E-state index in [0.29, 0.717) is 0 Å². The summed E-state index contributed by atoms with van der Waals surface area (Å²) in [4.78, 5) is 11.2. The van der Waals surface area contributed by atoms with Gasteiger partial charge in [0.25, 0.3) is 10.0 Å². The molecular weight excluding hydrogens is 314 g/mol. The Balaban J connectivity index is 2.44. The van der Waals surface area contributed by atoms with Crippen LogP contribution < -0.4 is 4.72 Å². The molecule has 7 heteroatoms. The van der Waals surface area contributed by atoms with Gasteiger partial charge in [0.05, 0.1) is 15.6 Å². The maximum atomic E-state index is 12.3. The number of carboxylic acids is 1. The van der Waals surface area contributed by atoms with Crippen molar-refractivity contribution >= 4 is 33.3 Å². The van der Waals surface area contributed by atoms with Crippen LogP contribution in [0.2, 0.25) is 5.02 Å². The Labute approximate surface area is 127 Å². The molecule has 2 aromatic carbocycles. The first-order valence-electron chi connectivity index (χ1n) is 5.92. The highest BCUT2D eigenvalue weighted by Crippen LogP contribution is 2.26. The molecule has 0 aliphatic rings. The molecule has 0 spiro atoms. The average molecular weight is 326 g/mol. The molecule has 0 saturated heterocycles. The molecule has 0 amide bonds. The maximum Gasteiger partial charge on any atom is 0.339 e. The fourth-order valence-corrected chi connectivity index (χ4v) is 3.07. The van der Waals surface area contributed by atoms with Gasteiger partial charge in [0.2, 0.25) is 0 Å². The van der Waals surface area contributed by atoms with Crippen LogP contribution in [0.5, 0.6) is 0 Å². The second-order valence-electron chi connectivity index (χ2n) is 4.39. The Kier molecular flexibility index (Phi) is 4.20. The molecule has 0 aliphatic carbocycles. The van der Waals surface area contributed by atoms with Gasteiger partial charge in [0.15, 0.2) is 0 Å². The van der Waals surface area contributed by atoms with Gasteiger partial charge in [-0.05, 0) is 31.2 Å². The van der Waals surface area contributed by atoms with Crippen molar-refractivity contribution in [3.05, 3.63) is 58.6 Å². The lowest BCUT2D eigenvalue weighted by Crippen LogP contribution is -2.15. The fraction of sp³-hybridized carbons (Fsp3) is 0.0714. The standard InChI is InChI=1S/C14H12ClNO4S/c1-9-5-7-10(8-6-9)21(19,20)16-12-4-2-3-11(15)13(12)14(17)18/h2-8,16H,1H3,(H,17,18). The van der Waals surface area contributed by atoms with E-state index < -0.39 is 16.0 Å². The molecule has 5 nitrogen and oxygen atoms in total. The minimum absolute atomic E-state index is 0.0355. The van der Waals surface area contributed by atoms with Crippen LogP contribution in [0.3, 0.4) is 0 Å². The molecule has 2 aromatic rings. The van der Waals surface area contributed by atoms with Gasteiger partial charge >= 0.3 is 5.97 Å². The molecule has 0 unspecified atom stereocenters. The summed E-state index contributed by atoms with van der Waals surface area (Å²) >= 11 is 5.80. The van der Waals surface area contributed by atoms with Crippen LogP contribution in [-0.4, -0.2) is 19.5 Å². The molecule has 0 heterocycles. The lowest BCUT2D eigenvalue weighted by atomic mass is 10.2. The molecule has 2 rings (SSSR count). The van der Waals surface area contributed by atoms with Gasteiger partial charge < -0.3 is 5.11 Å². The lowest BCUT2D eigenvalue weighted by Gasteiger charge is -2.11. The predicted octanol–water partition coefficient (Wildman–Crippen LogP) is 3.15. The number of carboxylic acid groups (broad SMARTS) is 1. The summed E-state index contributed by atoms with van der Waals surface area (Å²) in [6, 6.07) is 10.4. The summed E-state index contributed by atoms with van der Waals surface area (Å²) < 4.78 is 26.8. The van der Waals surface area contributed by atoms with Crippen molar-refractivity contribution in [1.29, 1.82) is 0 Å². The highest BCUT2D eigenvalue weighted by Gasteiger charge is 2.20. The van der Waals surface area contributed by atoms with E-state index in [-0.39, 0.29) is 21.2 Å². The van der Waals surface area contributed by atoms with E-state index in [9.17, 15) is 13.2 Å². The van der Waals surface area contributed by atoms with Gasteiger partial charge in [-0.25, -0.2) is 13.2 Å². The Morgan fingerprint density at radius 1 is 1.14 bits per heavy atom. The van der Waals surface area contributed by atoms with Crippen LogP contribution in [0.15, 0.2) is 47.4 Å². The van der Waals surface area contributed by atoms with Crippen LogP contribution in [0.1, 0.15) is 15.9 Å². The summed E-state index contributed by atoms with van der Waals surface area (Å²) in [5.41, 5.74) is 0.563. The summed E-state index contributed by atoms with van der Waals surface area (Å²) in [5, 5.41) is 9.10. The van der Waals surface area contributed by atoms with Crippen molar-refractivity contribution in [3.63, 3.8) is 0 Å². The molecule has 0 bridgehead atoms. The largest absolute Gasteiger partial charge is 0.478 e. The van der Waals surface area contributed by atoms with Gasteiger partial charge in [0, 0.05) is 0 Å². The zero-order valence-electron chi connectivity index (χ0n) is 11.0. The minimum atomic E-state index is -3.87. The smallest absolute Gasteiger partial charge is 0.339 e. The summed E-state index contributed by atoms with van der Waals surface area (Å²) in [5.74, 6) is -1.30. The average Bonchev–Trinajstić information content (AvgIpc) is 2.38. The molecule has 21 heavy (non-hydrogen) atoms. The first-order chi connectivity index (χ1) is 9.81. The normalized spacial score (nSPS) is 11.1. The predicted molar refractivity (Wildman–Crippen MR) is 80.4 cm³/mol. The van der Waals surface area contributed by atoms with E-state index in [2.05, 4.69) is 4.72 Å². The summed E-state index contributed by atoms with van der Waals surface area (Å²) in [6.07, 6.45) is 0. The van der Waals surface area contributed by atoms with E-state index in [0.717, 1.165) is 5.56 Å². The highest BCUT2D eigenvalue weighted by molar-refractivity contribution is 7.92. The monoisotopic (exact) mass is 325 g/mol. The number of carbonyl (C=O) groups is 1. The quantitative estimate of drug-likeness (QED) is 0.904. The van der Waals surface area contributed by atoms with E-state index in [4.69, 9.17) is 16.7 Å². The van der Waals surface area contributed by atoms with Crippen LogP contribution in [0, 0.1) is 6.92 Å². The number of aromatic carboxylic acids is 1. The number of anilines is 1. The second-order valence-corrected chi connectivity index (χ2v) is 6.48. The SMILES string of the molecule is Cc1ccc(S(=O)(=O)Nc2cccc(Cl)c2C(=O)O)cc1. The van der Waals surface area contributed by atoms with Crippen LogP contribution >= 0.6 is 11.6 Å². The molecular formula is C14H12ClNO4S. The number of hydrogen-bond donors (Lipinski definition) is 2. The van der Waals surface area contributed by atoms with Crippen LogP contribution in [0.4, 0.5) is 5.69 Å². The Bertz CT molecular complexity index is 785. The van der Waals surface area contributed by atoms with Gasteiger partial charge in [0.1, 0.15) is 5.56 Å². The topological polar surface area (TPSA) is 83.5 Å². The third kappa shape index (κ3) is 3.34. The molecule has 0 aliphatic heterocycles. The van der Waals surface area contributed by atoms with E-state index in [1.165, 1.54) is 30.3 Å². The number of rotatable bonds is 4. The van der Waals surface area contributed by atoms with Crippen molar-refractivity contribution < 1.29 is 18.3 Å². The molecule has 0 radical (unpaired) electrons. The zero-order valence-corrected chi connectivity index (χ0v) is 12.6. The van der Waals surface area contributed by atoms with Crippen molar-refractivity contribution in [3.8, 4) is 0 Å². The van der Waals surface area contributed by atoms with Crippen molar-refractivity contribution in [2.45, 2.75) is 11.8 Å². The van der Waals surface area contributed by atoms with E-state index in [1.807, 2.05) is 6.92 Å². The highest BCUT2D eigenvalue weighted by atomic mass is 35.5. The molecule has 0 atom stereocenters. The minimum Gasteiger partial charge on any atom is -0.478 e. The summed E-state index contributed by atoms with van der Waals surface area (Å²) in [7, 11) is -3.87. The van der Waals surface area contributed by atoms with Gasteiger partial charge in [-0.15, -0.1) is 0 Å². The first-order valence-corrected chi connectivity index (χ1v) is 7.78. The van der Waals surface area contributed by atoms with Crippen LogP contribution in [-0.2, 0) is 10.0 Å². The summed E-state index contributed by atoms with van der Waals surface area (Å²) in [6.45, 7) is 1.84. The number of hydrogen-bond acceptors (Lipinski definition) is 3. The van der Waals surface area contributed by atoms with Crippen molar-refractivity contribution in [1.82, 2.24) is 0 Å². The zero-order chi connectivity index (χ0) is 15.6. The van der Waals surface area contributed by atoms with Crippen molar-refractivity contribution in [2.24, 2.45) is 0 Å². The lowest BCUT2D eigenvalue weighted by molar-refractivity contribution is 0.0698. The van der Waals surface area contributed by atoms with Gasteiger partial charge in [-0.3, -0.25) is 4.72 Å². The van der Waals surface area contributed by atoms with Gasteiger partial charge in [-0.2, -0.15) is 0 Å². The Morgan fingerprint density at radius 3 is 2.33 bits per heavy atom.